The van der Waals surface area contributed by atoms with Crippen molar-refractivity contribution in [1.82, 2.24) is 15.0 Å². The number of carbonyl (C=O) groups is 1. The molecule has 1 aliphatic rings. The van der Waals surface area contributed by atoms with Crippen molar-refractivity contribution in [2.75, 3.05) is 5.75 Å². The molecule has 1 saturated carbocycles. The molecule has 1 aliphatic carbocycles. The van der Waals surface area contributed by atoms with Crippen LogP contribution in [0.25, 0.3) is 10.9 Å². The molecule has 0 saturated heterocycles. The molecule has 0 aliphatic heterocycles. The third kappa shape index (κ3) is 4.15. The zero-order chi connectivity index (χ0) is 17.2. The number of para-hydroxylation sites is 1. The van der Waals surface area contributed by atoms with E-state index in [1.165, 1.54) is 0 Å². The first kappa shape index (κ1) is 17.0. The lowest BCUT2D eigenvalue weighted by atomic mass is 10.1. The zero-order valence-corrected chi connectivity index (χ0v) is 14.5. The van der Waals surface area contributed by atoms with Gasteiger partial charge < -0.3 is 10.3 Å². The predicted molar refractivity (Wildman–Crippen MR) is 94.2 cm³/mol. The van der Waals surface area contributed by atoms with E-state index in [1.54, 1.807) is 6.92 Å². The number of sulfonamides is 1. The van der Waals surface area contributed by atoms with E-state index in [2.05, 4.69) is 15.0 Å². The molecule has 130 valence electrons. The average Bonchev–Trinajstić information content (AvgIpc) is 3.25. The van der Waals surface area contributed by atoms with Crippen molar-refractivity contribution in [3.05, 3.63) is 36.0 Å². The van der Waals surface area contributed by atoms with Gasteiger partial charge in [0.2, 0.25) is 15.9 Å². The van der Waals surface area contributed by atoms with E-state index in [9.17, 15) is 13.2 Å². The highest BCUT2D eigenvalue weighted by Gasteiger charge is 2.30. The fourth-order valence-electron chi connectivity index (χ4n) is 2.78. The molecule has 0 spiro atoms. The van der Waals surface area contributed by atoms with Crippen LogP contribution >= 0.6 is 0 Å². The van der Waals surface area contributed by atoms with Crippen LogP contribution in [-0.2, 0) is 21.2 Å². The van der Waals surface area contributed by atoms with Crippen LogP contribution in [0.2, 0.25) is 0 Å². The summed E-state index contributed by atoms with van der Waals surface area (Å²) in [5.41, 5.74) is 1.91. The lowest BCUT2D eigenvalue weighted by Crippen LogP contribution is -2.49. The second kappa shape index (κ2) is 6.94. The van der Waals surface area contributed by atoms with E-state index < -0.39 is 16.1 Å². The van der Waals surface area contributed by atoms with Gasteiger partial charge in [0.15, 0.2) is 0 Å². The molecule has 0 radical (unpaired) electrons. The van der Waals surface area contributed by atoms with E-state index in [4.69, 9.17) is 0 Å². The number of benzene rings is 1. The second-order valence-corrected chi connectivity index (χ2v) is 8.21. The molecule has 1 atom stereocenters. The molecule has 0 bridgehead atoms. The summed E-state index contributed by atoms with van der Waals surface area (Å²) in [5.74, 6) is -0.226. The van der Waals surface area contributed by atoms with E-state index in [0.29, 0.717) is 12.8 Å². The van der Waals surface area contributed by atoms with Crippen LogP contribution < -0.4 is 10.0 Å². The van der Waals surface area contributed by atoms with Crippen molar-refractivity contribution in [3.8, 4) is 0 Å². The van der Waals surface area contributed by atoms with Gasteiger partial charge in [0.1, 0.15) is 6.04 Å². The average molecular weight is 349 g/mol. The molecule has 1 aromatic heterocycles. The Balaban J connectivity index is 1.81. The van der Waals surface area contributed by atoms with E-state index in [1.807, 2.05) is 30.5 Å². The van der Waals surface area contributed by atoms with Crippen LogP contribution in [-0.4, -0.2) is 37.1 Å². The van der Waals surface area contributed by atoms with Gasteiger partial charge in [0.05, 0.1) is 5.75 Å². The Bertz CT molecular complexity index is 824. The summed E-state index contributed by atoms with van der Waals surface area (Å²) in [6.45, 7) is 1.80. The smallest absolute Gasteiger partial charge is 0.238 e. The Labute approximate surface area is 142 Å². The highest BCUT2D eigenvalue weighted by molar-refractivity contribution is 7.89. The Hall–Kier alpha value is -1.86. The Kier molecular flexibility index (Phi) is 4.91. The second-order valence-electron chi connectivity index (χ2n) is 6.34. The van der Waals surface area contributed by atoms with Gasteiger partial charge in [0, 0.05) is 23.1 Å². The summed E-state index contributed by atoms with van der Waals surface area (Å²) in [7, 11) is -3.47. The fourth-order valence-corrected chi connectivity index (χ4v) is 4.06. The summed E-state index contributed by atoms with van der Waals surface area (Å²) in [5, 5.41) is 3.91. The molecular formula is C17H23N3O3S. The molecule has 7 heteroatoms. The Morgan fingerprint density at radius 3 is 2.79 bits per heavy atom. The third-order valence-corrected chi connectivity index (χ3v) is 5.72. The zero-order valence-electron chi connectivity index (χ0n) is 13.7. The van der Waals surface area contributed by atoms with Gasteiger partial charge >= 0.3 is 0 Å². The van der Waals surface area contributed by atoms with Gasteiger partial charge in [-0.2, -0.15) is 0 Å². The van der Waals surface area contributed by atoms with Crippen LogP contribution in [0.4, 0.5) is 0 Å². The first-order valence-corrected chi connectivity index (χ1v) is 9.99. The Morgan fingerprint density at radius 1 is 1.33 bits per heavy atom. The van der Waals surface area contributed by atoms with Crippen LogP contribution in [0, 0.1) is 0 Å². The van der Waals surface area contributed by atoms with Crippen LogP contribution in [0.5, 0.6) is 0 Å². The first-order valence-electron chi connectivity index (χ1n) is 8.34. The van der Waals surface area contributed by atoms with Crippen LogP contribution in [0.15, 0.2) is 30.5 Å². The lowest BCUT2D eigenvalue weighted by molar-refractivity contribution is -0.122. The van der Waals surface area contributed by atoms with E-state index in [-0.39, 0.29) is 17.7 Å². The van der Waals surface area contributed by atoms with Crippen LogP contribution in [0.3, 0.4) is 0 Å². The number of aromatic nitrogens is 1. The molecule has 1 amide bonds. The quantitative estimate of drug-likeness (QED) is 0.677. The van der Waals surface area contributed by atoms with Gasteiger partial charge in [-0.1, -0.05) is 25.1 Å². The molecule has 6 nitrogen and oxygen atoms in total. The highest BCUT2D eigenvalue weighted by Crippen LogP contribution is 2.21. The first-order chi connectivity index (χ1) is 11.5. The monoisotopic (exact) mass is 349 g/mol. The maximum atomic E-state index is 12.5. The van der Waals surface area contributed by atoms with Gasteiger partial charge in [-0.25, -0.2) is 13.1 Å². The number of H-pyrrole nitrogens is 1. The number of rotatable bonds is 8. The number of nitrogens with one attached hydrogen (secondary N) is 3. The summed E-state index contributed by atoms with van der Waals surface area (Å²) < 4.78 is 26.9. The van der Waals surface area contributed by atoms with Crippen molar-refractivity contribution in [2.24, 2.45) is 0 Å². The summed E-state index contributed by atoms with van der Waals surface area (Å²) in [6.07, 6.45) is 4.61. The van der Waals surface area contributed by atoms with Gasteiger partial charge in [-0.15, -0.1) is 0 Å². The van der Waals surface area contributed by atoms with Gasteiger partial charge in [-0.05, 0) is 37.3 Å². The fraction of sp³-hybridized carbons (Fsp3) is 0.471. The molecule has 1 fully saturated rings. The topological polar surface area (TPSA) is 91.1 Å². The molecule has 0 unspecified atom stereocenters. The summed E-state index contributed by atoms with van der Waals surface area (Å²) in [6, 6.07) is 7.20. The van der Waals surface area contributed by atoms with Crippen molar-refractivity contribution in [1.29, 1.82) is 0 Å². The minimum absolute atomic E-state index is 0.0219. The number of amides is 1. The number of hydrogen-bond acceptors (Lipinski definition) is 3. The molecule has 2 aromatic rings. The number of hydrogen-bond donors (Lipinski definition) is 3. The molecule has 24 heavy (non-hydrogen) atoms. The van der Waals surface area contributed by atoms with Crippen molar-refractivity contribution in [2.45, 2.75) is 44.7 Å². The number of carbonyl (C=O) groups excluding carboxylic acids is 1. The molecule has 3 N–H and O–H groups in total. The van der Waals surface area contributed by atoms with Gasteiger partial charge in [-0.3, -0.25) is 4.79 Å². The standard InChI is InChI=1S/C17H23N3O3S/c1-2-9-24(22,23)20-16(17(21)19-13-7-8-13)10-12-11-18-15-6-4-3-5-14(12)15/h3-6,11,13,16,18,20H,2,7-10H2,1H3,(H,19,21)/t16-/m0/s1. The minimum atomic E-state index is -3.47. The number of aromatic amines is 1. The van der Waals surface area contributed by atoms with Crippen molar-refractivity contribution < 1.29 is 13.2 Å². The maximum absolute atomic E-state index is 12.5. The molecule has 1 heterocycles. The molecule has 1 aromatic carbocycles. The van der Waals surface area contributed by atoms with E-state index >= 15 is 0 Å². The lowest BCUT2D eigenvalue weighted by Gasteiger charge is -2.18. The minimum Gasteiger partial charge on any atom is -0.361 e. The maximum Gasteiger partial charge on any atom is 0.238 e. The predicted octanol–water partition coefficient (Wildman–Crippen LogP) is 1.69. The van der Waals surface area contributed by atoms with Crippen molar-refractivity contribution in [3.63, 3.8) is 0 Å². The summed E-state index contributed by atoms with van der Waals surface area (Å²) >= 11 is 0. The Morgan fingerprint density at radius 2 is 2.08 bits per heavy atom. The molecular weight excluding hydrogens is 326 g/mol. The number of fused-ring (bicyclic) bond motifs is 1. The molecule has 3 rings (SSSR count). The normalized spacial score (nSPS) is 16.2. The van der Waals surface area contributed by atoms with E-state index in [0.717, 1.165) is 29.3 Å². The largest absolute Gasteiger partial charge is 0.361 e. The third-order valence-electron chi connectivity index (χ3n) is 4.13. The van der Waals surface area contributed by atoms with Gasteiger partial charge in [0.25, 0.3) is 0 Å². The van der Waals surface area contributed by atoms with Crippen LogP contribution in [0.1, 0.15) is 31.7 Å². The van der Waals surface area contributed by atoms with Crippen molar-refractivity contribution >= 4 is 26.8 Å². The SMILES string of the molecule is CCCS(=O)(=O)N[C@@H](Cc1c[nH]c2ccccc12)C(=O)NC1CC1. The summed E-state index contributed by atoms with van der Waals surface area (Å²) in [4.78, 5) is 15.7. The highest BCUT2D eigenvalue weighted by atomic mass is 32.2.